The van der Waals surface area contributed by atoms with Gasteiger partial charge in [0.05, 0.1) is 4.92 Å². The highest BCUT2D eigenvalue weighted by atomic mass is 16.7. The predicted molar refractivity (Wildman–Crippen MR) is 44.4 cm³/mol. The molecular formula is C7H6N2O5. The van der Waals surface area contributed by atoms with E-state index < -0.39 is 22.3 Å². The van der Waals surface area contributed by atoms with Crippen molar-refractivity contribution < 1.29 is 19.7 Å². The topological polar surface area (TPSA) is 116 Å². The first-order valence-electron chi connectivity index (χ1n) is 3.45. The fourth-order valence-corrected chi connectivity index (χ4v) is 0.907. The Morgan fingerprint density at radius 3 is 2.71 bits per heavy atom. The van der Waals surface area contributed by atoms with Crippen LogP contribution in [0.25, 0.3) is 0 Å². The van der Waals surface area contributed by atoms with Gasteiger partial charge in [0, 0.05) is 6.07 Å². The lowest BCUT2D eigenvalue weighted by Crippen LogP contribution is -2.10. The van der Waals surface area contributed by atoms with Crippen LogP contribution in [-0.4, -0.2) is 16.0 Å². The number of phenols is 1. The number of nitrogens with zero attached hydrogens (tertiary/aromatic N) is 1. The number of nitro groups is 1. The highest BCUT2D eigenvalue weighted by Gasteiger charge is 2.21. The Bertz CT molecular complexity index is 390. The summed E-state index contributed by atoms with van der Waals surface area (Å²) in [5.41, 5.74) is -0.922. The van der Waals surface area contributed by atoms with Gasteiger partial charge in [-0.3, -0.25) is 10.1 Å². The molecule has 0 saturated carbocycles. The molecule has 0 bridgehead atoms. The lowest BCUT2D eigenvalue weighted by atomic mass is 10.2. The number of carbonyl (C=O) groups is 1. The molecule has 0 fully saturated rings. The molecule has 7 heteroatoms. The Morgan fingerprint density at radius 2 is 2.21 bits per heavy atom. The van der Waals surface area contributed by atoms with Crippen molar-refractivity contribution in [2.45, 2.75) is 0 Å². The molecule has 0 atom stereocenters. The summed E-state index contributed by atoms with van der Waals surface area (Å²) in [5, 5.41) is 19.6. The quantitative estimate of drug-likeness (QED) is 0.522. The third kappa shape index (κ3) is 1.62. The second-order valence-corrected chi connectivity index (χ2v) is 2.34. The molecule has 0 aliphatic rings. The van der Waals surface area contributed by atoms with E-state index in [1.54, 1.807) is 0 Å². The molecule has 1 aromatic rings. The molecule has 3 N–H and O–H groups in total. The minimum absolute atomic E-state index is 0.346. The van der Waals surface area contributed by atoms with Gasteiger partial charge in [-0.1, -0.05) is 6.07 Å². The van der Waals surface area contributed by atoms with Gasteiger partial charge in [0.2, 0.25) is 5.75 Å². The van der Waals surface area contributed by atoms with E-state index in [0.717, 1.165) is 12.1 Å². The third-order valence-corrected chi connectivity index (χ3v) is 1.54. The largest absolute Gasteiger partial charge is 0.501 e. The number of benzene rings is 1. The van der Waals surface area contributed by atoms with E-state index in [9.17, 15) is 20.0 Å². The summed E-state index contributed by atoms with van der Waals surface area (Å²) in [6.07, 6.45) is 0. The van der Waals surface area contributed by atoms with Crippen molar-refractivity contribution >= 4 is 11.7 Å². The first-order valence-corrected chi connectivity index (χ1v) is 3.45. The zero-order chi connectivity index (χ0) is 10.7. The highest BCUT2D eigenvalue weighted by Crippen LogP contribution is 2.29. The number of hydrogen-bond donors (Lipinski definition) is 2. The van der Waals surface area contributed by atoms with Crippen LogP contribution in [0.1, 0.15) is 10.4 Å². The van der Waals surface area contributed by atoms with Gasteiger partial charge in [0.15, 0.2) is 0 Å². The summed E-state index contributed by atoms with van der Waals surface area (Å²) >= 11 is 0. The second kappa shape index (κ2) is 3.71. The van der Waals surface area contributed by atoms with E-state index in [-0.39, 0.29) is 5.56 Å². The molecule has 0 aromatic heterocycles. The molecule has 0 unspecified atom stereocenters. The fourth-order valence-electron chi connectivity index (χ4n) is 0.907. The maximum Gasteiger partial charge on any atom is 0.360 e. The molecule has 0 saturated heterocycles. The highest BCUT2D eigenvalue weighted by molar-refractivity contribution is 5.93. The molecule has 0 aliphatic heterocycles. The van der Waals surface area contributed by atoms with Crippen molar-refractivity contribution in [3.8, 4) is 5.75 Å². The van der Waals surface area contributed by atoms with E-state index in [2.05, 4.69) is 10.7 Å². The van der Waals surface area contributed by atoms with Gasteiger partial charge in [-0.05, 0) is 6.07 Å². The lowest BCUT2D eigenvalue weighted by Gasteiger charge is -2.01. The van der Waals surface area contributed by atoms with Crippen LogP contribution in [-0.2, 0) is 4.84 Å². The molecule has 74 valence electrons. The molecule has 14 heavy (non-hydrogen) atoms. The van der Waals surface area contributed by atoms with Gasteiger partial charge in [-0.25, -0.2) is 4.79 Å². The van der Waals surface area contributed by atoms with Gasteiger partial charge in [0.25, 0.3) is 0 Å². The SMILES string of the molecule is NOC(=O)c1cccc([N+](=O)[O-])c1O. The van der Waals surface area contributed by atoms with Gasteiger partial charge < -0.3 is 9.94 Å². The van der Waals surface area contributed by atoms with E-state index in [4.69, 9.17) is 0 Å². The number of hydrogen-bond acceptors (Lipinski definition) is 6. The van der Waals surface area contributed by atoms with E-state index in [0.29, 0.717) is 0 Å². The van der Waals surface area contributed by atoms with E-state index in [1.165, 1.54) is 6.07 Å². The number of aromatic hydroxyl groups is 1. The van der Waals surface area contributed by atoms with Crippen LogP contribution in [0, 0.1) is 10.1 Å². The Kier molecular flexibility index (Phi) is 2.63. The molecule has 0 spiro atoms. The summed E-state index contributed by atoms with van der Waals surface area (Å²) in [6.45, 7) is 0. The molecule has 0 aliphatic carbocycles. The standard InChI is InChI=1S/C7H6N2O5/c8-14-7(11)4-2-1-3-5(6(4)10)9(12)13/h1-3,10H,8H2. The smallest absolute Gasteiger partial charge is 0.360 e. The van der Waals surface area contributed by atoms with Gasteiger partial charge in [-0.2, -0.15) is 5.90 Å². The van der Waals surface area contributed by atoms with Crippen molar-refractivity contribution in [3.63, 3.8) is 0 Å². The van der Waals surface area contributed by atoms with Crippen LogP contribution in [0.15, 0.2) is 18.2 Å². The zero-order valence-corrected chi connectivity index (χ0v) is 6.84. The van der Waals surface area contributed by atoms with Crippen LogP contribution in [0.4, 0.5) is 5.69 Å². The number of carbonyl (C=O) groups excluding carboxylic acids is 1. The maximum atomic E-state index is 10.9. The third-order valence-electron chi connectivity index (χ3n) is 1.54. The van der Waals surface area contributed by atoms with Crippen LogP contribution in [0.2, 0.25) is 0 Å². The van der Waals surface area contributed by atoms with Gasteiger partial charge >= 0.3 is 11.7 Å². The van der Waals surface area contributed by atoms with Gasteiger partial charge in [0.1, 0.15) is 5.56 Å². The Balaban J connectivity index is 3.27. The van der Waals surface area contributed by atoms with Crippen molar-refractivity contribution in [1.82, 2.24) is 0 Å². The second-order valence-electron chi connectivity index (χ2n) is 2.34. The normalized spacial score (nSPS) is 9.50. The maximum absolute atomic E-state index is 10.9. The number of nitro benzene ring substituents is 1. The van der Waals surface area contributed by atoms with Crippen LogP contribution in [0.5, 0.6) is 5.75 Å². The first-order chi connectivity index (χ1) is 6.57. The lowest BCUT2D eigenvalue weighted by molar-refractivity contribution is -0.385. The summed E-state index contributed by atoms with van der Waals surface area (Å²) in [4.78, 5) is 24.2. The van der Waals surface area contributed by atoms with E-state index >= 15 is 0 Å². The Morgan fingerprint density at radius 1 is 1.57 bits per heavy atom. The monoisotopic (exact) mass is 198 g/mol. The summed E-state index contributed by atoms with van der Waals surface area (Å²) in [7, 11) is 0. The minimum Gasteiger partial charge on any atom is -0.501 e. The average Bonchev–Trinajstić information content (AvgIpc) is 2.16. The van der Waals surface area contributed by atoms with Crippen molar-refractivity contribution in [2.75, 3.05) is 0 Å². The molecular weight excluding hydrogens is 192 g/mol. The van der Waals surface area contributed by atoms with Crippen molar-refractivity contribution in [1.29, 1.82) is 0 Å². The minimum atomic E-state index is -1.04. The molecule has 0 radical (unpaired) electrons. The molecule has 1 aromatic carbocycles. The number of phenolic OH excluding ortho intramolecular Hbond substituents is 1. The number of para-hydroxylation sites is 1. The zero-order valence-electron chi connectivity index (χ0n) is 6.84. The molecule has 0 heterocycles. The van der Waals surface area contributed by atoms with Crippen LogP contribution in [0.3, 0.4) is 0 Å². The molecule has 0 amide bonds. The van der Waals surface area contributed by atoms with Crippen LogP contribution >= 0.6 is 0 Å². The summed E-state index contributed by atoms with van der Waals surface area (Å²) < 4.78 is 0. The first kappa shape index (κ1) is 9.93. The van der Waals surface area contributed by atoms with Crippen LogP contribution < -0.4 is 5.90 Å². The van der Waals surface area contributed by atoms with Gasteiger partial charge in [-0.15, -0.1) is 0 Å². The van der Waals surface area contributed by atoms with Crippen molar-refractivity contribution in [3.05, 3.63) is 33.9 Å². The Hall–Kier alpha value is -2.15. The summed E-state index contributed by atoms with van der Waals surface area (Å²) in [6, 6.07) is 3.46. The average molecular weight is 198 g/mol. The number of nitrogens with two attached hydrogens (primary N) is 1. The number of rotatable bonds is 2. The Labute approximate surface area is 77.8 Å². The van der Waals surface area contributed by atoms with E-state index in [1.807, 2.05) is 0 Å². The molecule has 1 rings (SSSR count). The predicted octanol–water partition coefficient (Wildman–Crippen LogP) is 0.331. The summed E-state index contributed by atoms with van der Waals surface area (Å²) in [5.74, 6) is 2.78. The molecule has 7 nitrogen and oxygen atoms in total. The van der Waals surface area contributed by atoms with Crippen molar-refractivity contribution in [2.24, 2.45) is 5.90 Å². The fraction of sp³-hybridized carbons (Fsp3) is 0.